The number of ether oxygens (including phenoxy) is 1. The van der Waals surface area contributed by atoms with Crippen LogP contribution in [0.1, 0.15) is 0 Å². The summed E-state index contributed by atoms with van der Waals surface area (Å²) < 4.78 is 10.9. The topological polar surface area (TPSA) is 59.3 Å². The van der Waals surface area contributed by atoms with E-state index in [0.717, 1.165) is 43.0 Å². The number of nitrogens with zero attached hydrogens (tertiary/aromatic N) is 1. The van der Waals surface area contributed by atoms with E-state index in [0.29, 0.717) is 0 Å². The van der Waals surface area contributed by atoms with E-state index >= 15 is 0 Å². The third-order valence-electron chi connectivity index (χ3n) is 2.88. The minimum Gasteiger partial charge on any atom is -0.464 e. The number of morpholine rings is 1. The van der Waals surface area contributed by atoms with E-state index in [1.165, 1.54) is 0 Å². The molecule has 1 aliphatic heterocycles. The zero-order valence-electron chi connectivity index (χ0n) is 9.48. The first kappa shape index (κ1) is 10.6. The van der Waals surface area contributed by atoms with Crippen LogP contribution >= 0.6 is 0 Å². The Morgan fingerprint density at radius 3 is 3.35 bits per heavy atom. The number of hydrogen-bond acceptors (Lipinski definition) is 5. The third-order valence-corrected chi connectivity index (χ3v) is 2.88. The number of fused-ring (bicyclic) bond motifs is 1. The molecule has 3 heterocycles. The van der Waals surface area contributed by atoms with Gasteiger partial charge in [-0.15, -0.1) is 0 Å². The molecule has 0 saturated carbocycles. The van der Waals surface area contributed by atoms with Crippen molar-refractivity contribution in [3.05, 3.63) is 24.6 Å². The van der Waals surface area contributed by atoms with Crippen molar-refractivity contribution >= 4 is 16.8 Å². The third kappa shape index (κ3) is 2.25. The van der Waals surface area contributed by atoms with Gasteiger partial charge in [0.2, 0.25) is 0 Å². The number of hydrogen-bond donors (Lipinski definition) is 2. The van der Waals surface area contributed by atoms with E-state index in [9.17, 15) is 0 Å². The van der Waals surface area contributed by atoms with Crippen LogP contribution in [0, 0.1) is 0 Å². The molecule has 2 aromatic heterocycles. The second kappa shape index (κ2) is 4.73. The Hall–Kier alpha value is -1.59. The van der Waals surface area contributed by atoms with Crippen molar-refractivity contribution in [3.8, 4) is 0 Å². The van der Waals surface area contributed by atoms with Gasteiger partial charge in [0.15, 0.2) is 0 Å². The fourth-order valence-electron chi connectivity index (χ4n) is 2.00. The summed E-state index contributed by atoms with van der Waals surface area (Å²) in [7, 11) is 0. The Balaban J connectivity index is 1.69. The van der Waals surface area contributed by atoms with Crippen molar-refractivity contribution in [2.45, 2.75) is 6.10 Å². The molecule has 1 atom stereocenters. The molecule has 5 nitrogen and oxygen atoms in total. The Morgan fingerprint density at radius 1 is 1.47 bits per heavy atom. The van der Waals surface area contributed by atoms with E-state index in [-0.39, 0.29) is 6.10 Å². The van der Waals surface area contributed by atoms with Crippen molar-refractivity contribution in [2.24, 2.45) is 0 Å². The van der Waals surface area contributed by atoms with Gasteiger partial charge in [-0.05, 0) is 12.1 Å². The second-order valence-corrected chi connectivity index (χ2v) is 4.07. The minimum absolute atomic E-state index is 0.202. The molecule has 0 radical (unpaired) electrons. The smallest absolute Gasteiger partial charge is 0.139 e. The van der Waals surface area contributed by atoms with Crippen molar-refractivity contribution in [1.82, 2.24) is 10.3 Å². The number of aromatic nitrogens is 1. The van der Waals surface area contributed by atoms with Crippen LogP contribution < -0.4 is 10.6 Å². The quantitative estimate of drug-likeness (QED) is 0.835. The van der Waals surface area contributed by atoms with E-state index < -0.39 is 0 Å². The Labute approximate surface area is 99.2 Å². The van der Waals surface area contributed by atoms with Crippen molar-refractivity contribution in [3.63, 3.8) is 0 Å². The molecule has 1 aliphatic rings. The molecule has 1 fully saturated rings. The van der Waals surface area contributed by atoms with Crippen LogP contribution in [-0.4, -0.2) is 37.3 Å². The van der Waals surface area contributed by atoms with Crippen LogP contribution in [0.25, 0.3) is 11.0 Å². The fraction of sp³-hybridized carbons (Fsp3) is 0.417. The van der Waals surface area contributed by atoms with E-state index in [2.05, 4.69) is 15.6 Å². The molecule has 1 unspecified atom stereocenters. The van der Waals surface area contributed by atoms with Gasteiger partial charge < -0.3 is 19.8 Å². The van der Waals surface area contributed by atoms with Crippen LogP contribution in [0.4, 0.5) is 5.82 Å². The maximum absolute atomic E-state index is 5.62. The zero-order valence-corrected chi connectivity index (χ0v) is 9.48. The molecule has 1 saturated heterocycles. The number of anilines is 1. The number of pyridine rings is 1. The molecule has 0 spiro atoms. The van der Waals surface area contributed by atoms with Gasteiger partial charge in [-0.3, -0.25) is 0 Å². The first-order chi connectivity index (χ1) is 8.43. The SMILES string of the molecule is c1cc2occc2c(NCC2CNCCO2)n1. The van der Waals surface area contributed by atoms with Crippen molar-refractivity contribution in [2.75, 3.05) is 31.6 Å². The second-order valence-electron chi connectivity index (χ2n) is 4.07. The summed E-state index contributed by atoms with van der Waals surface area (Å²) in [6, 6.07) is 3.78. The molecule has 0 aromatic carbocycles. The van der Waals surface area contributed by atoms with Gasteiger partial charge in [0.25, 0.3) is 0 Å². The number of rotatable bonds is 3. The van der Waals surface area contributed by atoms with Crippen molar-refractivity contribution < 1.29 is 9.15 Å². The summed E-state index contributed by atoms with van der Waals surface area (Å²) in [6.07, 6.45) is 3.62. The molecule has 5 heteroatoms. The van der Waals surface area contributed by atoms with E-state index in [1.54, 1.807) is 12.5 Å². The molecular formula is C12H15N3O2. The molecule has 90 valence electrons. The van der Waals surface area contributed by atoms with Gasteiger partial charge in [-0.25, -0.2) is 4.98 Å². The van der Waals surface area contributed by atoms with Gasteiger partial charge in [0.05, 0.1) is 24.4 Å². The summed E-state index contributed by atoms with van der Waals surface area (Å²) in [5.74, 6) is 0.852. The molecule has 2 N–H and O–H groups in total. The van der Waals surface area contributed by atoms with Gasteiger partial charge >= 0.3 is 0 Å². The summed E-state index contributed by atoms with van der Waals surface area (Å²) in [4.78, 5) is 4.32. The average Bonchev–Trinajstić information content (AvgIpc) is 2.86. The van der Waals surface area contributed by atoms with Gasteiger partial charge in [0, 0.05) is 25.8 Å². The van der Waals surface area contributed by atoms with Crippen molar-refractivity contribution in [1.29, 1.82) is 0 Å². The highest BCUT2D eigenvalue weighted by molar-refractivity contribution is 5.87. The van der Waals surface area contributed by atoms with Gasteiger partial charge in [0.1, 0.15) is 11.4 Å². The largest absolute Gasteiger partial charge is 0.464 e. The highest BCUT2D eigenvalue weighted by Crippen LogP contribution is 2.21. The minimum atomic E-state index is 0.202. The highest BCUT2D eigenvalue weighted by atomic mass is 16.5. The fourth-order valence-corrected chi connectivity index (χ4v) is 2.00. The lowest BCUT2D eigenvalue weighted by Crippen LogP contribution is -2.42. The summed E-state index contributed by atoms with van der Waals surface area (Å²) in [5, 5.41) is 7.62. The van der Waals surface area contributed by atoms with Crippen LogP contribution in [0.3, 0.4) is 0 Å². The predicted octanol–water partition coefficient (Wildman–Crippen LogP) is 1.23. The van der Waals surface area contributed by atoms with Crippen LogP contribution in [-0.2, 0) is 4.74 Å². The predicted molar refractivity (Wildman–Crippen MR) is 65.1 cm³/mol. The monoisotopic (exact) mass is 233 g/mol. The molecule has 0 aliphatic carbocycles. The van der Waals surface area contributed by atoms with Crippen LogP contribution in [0.2, 0.25) is 0 Å². The number of nitrogens with one attached hydrogen (secondary N) is 2. The standard InChI is InChI=1S/C12H15N3O2/c1-3-14-12(10-2-5-17-11(1)10)15-8-9-7-13-4-6-16-9/h1-3,5,9,13H,4,6-8H2,(H,14,15). The van der Waals surface area contributed by atoms with Gasteiger partial charge in [-0.1, -0.05) is 0 Å². The van der Waals surface area contributed by atoms with Gasteiger partial charge in [-0.2, -0.15) is 0 Å². The maximum atomic E-state index is 5.62. The molecule has 17 heavy (non-hydrogen) atoms. The molecule has 0 bridgehead atoms. The average molecular weight is 233 g/mol. The summed E-state index contributed by atoms with van der Waals surface area (Å²) in [6.45, 7) is 3.35. The number of furan rings is 1. The Bertz CT molecular complexity index is 491. The maximum Gasteiger partial charge on any atom is 0.139 e. The first-order valence-corrected chi connectivity index (χ1v) is 5.82. The Morgan fingerprint density at radius 2 is 2.47 bits per heavy atom. The van der Waals surface area contributed by atoms with E-state index in [1.807, 2.05) is 12.1 Å². The van der Waals surface area contributed by atoms with Crippen LogP contribution in [0.5, 0.6) is 0 Å². The summed E-state index contributed by atoms with van der Waals surface area (Å²) in [5.41, 5.74) is 0.852. The van der Waals surface area contributed by atoms with Crippen LogP contribution in [0.15, 0.2) is 29.0 Å². The molecule has 2 aromatic rings. The lowest BCUT2D eigenvalue weighted by molar-refractivity contribution is 0.0372. The highest BCUT2D eigenvalue weighted by Gasteiger charge is 2.13. The molecule has 3 rings (SSSR count). The summed E-state index contributed by atoms with van der Waals surface area (Å²) >= 11 is 0. The normalized spacial score (nSPS) is 20.6. The van der Waals surface area contributed by atoms with E-state index in [4.69, 9.17) is 9.15 Å². The lowest BCUT2D eigenvalue weighted by atomic mass is 10.3. The first-order valence-electron chi connectivity index (χ1n) is 5.82. The lowest BCUT2D eigenvalue weighted by Gasteiger charge is -2.24. The molecular weight excluding hydrogens is 218 g/mol. The Kier molecular flexibility index (Phi) is 2.94. The zero-order chi connectivity index (χ0) is 11.5. The molecule has 0 amide bonds.